The summed E-state index contributed by atoms with van der Waals surface area (Å²) in [5.41, 5.74) is 8.07. The van der Waals surface area contributed by atoms with Crippen molar-refractivity contribution in [2.24, 2.45) is 0 Å². The summed E-state index contributed by atoms with van der Waals surface area (Å²) < 4.78 is 0. The Hall–Kier alpha value is -3.12. The minimum absolute atomic E-state index is 0.321. The molecule has 2 aromatic rings. The molecule has 0 radical (unpaired) electrons. The Morgan fingerprint density at radius 1 is 1.19 bits per heavy atom. The minimum Gasteiger partial charge on any atom is -0.383 e. The Kier molecular flexibility index (Phi) is 4.33. The fraction of sp³-hybridized carbons (Fsp3) is 0.200. The summed E-state index contributed by atoms with van der Waals surface area (Å²) in [7, 11) is 0. The highest BCUT2D eigenvalue weighted by Crippen LogP contribution is 2.24. The van der Waals surface area contributed by atoms with Crippen molar-refractivity contribution < 1.29 is 0 Å². The van der Waals surface area contributed by atoms with Crippen molar-refractivity contribution in [3.8, 4) is 12.1 Å². The lowest BCUT2D eigenvalue weighted by atomic mass is 10.1. The first kappa shape index (κ1) is 14.3. The van der Waals surface area contributed by atoms with E-state index in [1.165, 1.54) is 6.33 Å². The number of nitrogens with one attached hydrogen (secondary N) is 1. The molecule has 0 aliphatic rings. The summed E-state index contributed by atoms with van der Waals surface area (Å²) in [5.74, 6) is 1.07. The summed E-state index contributed by atoms with van der Waals surface area (Å²) in [6.45, 7) is 2.05. The number of nitrogens with zero attached hydrogens (tertiary/aromatic N) is 4. The molecule has 2 rings (SSSR count). The van der Waals surface area contributed by atoms with E-state index in [0.29, 0.717) is 28.5 Å². The smallest absolute Gasteiger partial charge is 0.139 e. The number of nitrogen functional groups attached to an aromatic ring is 1. The first-order valence-electron chi connectivity index (χ1n) is 6.50. The van der Waals surface area contributed by atoms with Gasteiger partial charge in [0.2, 0.25) is 0 Å². The molecular weight excluding hydrogens is 264 g/mol. The SMILES string of the molecule is CCCc1c(N)ncnc1Nc1ccc(C#N)c(C#N)c1. The Morgan fingerprint density at radius 2 is 1.95 bits per heavy atom. The van der Waals surface area contributed by atoms with E-state index in [4.69, 9.17) is 16.3 Å². The van der Waals surface area contributed by atoms with Gasteiger partial charge in [-0.05, 0) is 24.6 Å². The molecule has 1 aromatic carbocycles. The standard InChI is InChI=1S/C15H14N6/c1-2-3-13-14(18)19-9-20-15(13)21-12-5-4-10(7-16)11(6-12)8-17/h4-6,9H,2-3H2,1H3,(H3,18,19,20,21). The van der Waals surface area contributed by atoms with Crippen LogP contribution in [0.1, 0.15) is 30.0 Å². The van der Waals surface area contributed by atoms with E-state index in [9.17, 15) is 0 Å². The first-order chi connectivity index (χ1) is 10.2. The van der Waals surface area contributed by atoms with E-state index in [-0.39, 0.29) is 0 Å². The Balaban J connectivity index is 2.37. The zero-order chi connectivity index (χ0) is 15.2. The Morgan fingerprint density at radius 3 is 2.62 bits per heavy atom. The topological polar surface area (TPSA) is 111 Å². The van der Waals surface area contributed by atoms with Crippen LogP contribution in [-0.2, 0) is 6.42 Å². The maximum absolute atomic E-state index is 9.05. The highest BCUT2D eigenvalue weighted by molar-refractivity contribution is 5.66. The molecule has 0 amide bonds. The lowest BCUT2D eigenvalue weighted by Crippen LogP contribution is -2.05. The van der Waals surface area contributed by atoms with Crippen LogP contribution in [0.25, 0.3) is 0 Å². The van der Waals surface area contributed by atoms with Crippen molar-refractivity contribution in [3.63, 3.8) is 0 Å². The fourth-order valence-electron chi connectivity index (χ4n) is 1.98. The number of anilines is 3. The zero-order valence-corrected chi connectivity index (χ0v) is 11.6. The number of nitriles is 2. The lowest BCUT2D eigenvalue weighted by Gasteiger charge is -2.12. The molecule has 0 spiro atoms. The number of benzene rings is 1. The molecule has 21 heavy (non-hydrogen) atoms. The highest BCUT2D eigenvalue weighted by Gasteiger charge is 2.10. The van der Waals surface area contributed by atoms with Crippen molar-refractivity contribution in [3.05, 3.63) is 41.2 Å². The third-order valence-electron chi connectivity index (χ3n) is 3.00. The van der Waals surface area contributed by atoms with E-state index >= 15 is 0 Å². The van der Waals surface area contributed by atoms with Gasteiger partial charge in [0, 0.05) is 11.3 Å². The second-order valence-electron chi connectivity index (χ2n) is 4.45. The molecule has 1 aromatic heterocycles. The van der Waals surface area contributed by atoms with Crippen LogP contribution in [0.4, 0.5) is 17.3 Å². The van der Waals surface area contributed by atoms with Gasteiger partial charge in [-0.25, -0.2) is 9.97 Å². The number of hydrogen-bond donors (Lipinski definition) is 2. The normalized spacial score (nSPS) is 9.67. The third kappa shape index (κ3) is 3.07. The first-order valence-corrected chi connectivity index (χ1v) is 6.50. The van der Waals surface area contributed by atoms with Crippen LogP contribution in [0.5, 0.6) is 0 Å². The van der Waals surface area contributed by atoms with Crippen molar-refractivity contribution in [2.75, 3.05) is 11.1 Å². The van der Waals surface area contributed by atoms with Gasteiger partial charge in [-0.1, -0.05) is 13.3 Å². The Bertz CT molecular complexity index is 739. The van der Waals surface area contributed by atoms with Crippen molar-refractivity contribution in [1.82, 2.24) is 9.97 Å². The lowest BCUT2D eigenvalue weighted by molar-refractivity contribution is 0.908. The fourth-order valence-corrected chi connectivity index (χ4v) is 1.98. The minimum atomic E-state index is 0.321. The predicted octanol–water partition coefficient (Wildman–Crippen LogP) is 2.50. The van der Waals surface area contributed by atoms with Crippen molar-refractivity contribution in [1.29, 1.82) is 10.5 Å². The molecule has 0 unspecified atom stereocenters. The molecule has 0 atom stereocenters. The molecule has 6 nitrogen and oxygen atoms in total. The molecule has 0 saturated carbocycles. The number of hydrogen-bond acceptors (Lipinski definition) is 6. The average molecular weight is 278 g/mol. The summed E-state index contributed by atoms with van der Waals surface area (Å²) in [5, 5.41) is 21.1. The van der Waals surface area contributed by atoms with Gasteiger partial charge in [0.25, 0.3) is 0 Å². The average Bonchev–Trinajstić information content (AvgIpc) is 2.50. The van der Waals surface area contributed by atoms with Gasteiger partial charge in [0.05, 0.1) is 11.1 Å². The molecule has 1 heterocycles. The largest absolute Gasteiger partial charge is 0.383 e. The van der Waals surface area contributed by atoms with E-state index in [1.54, 1.807) is 18.2 Å². The van der Waals surface area contributed by atoms with E-state index < -0.39 is 0 Å². The van der Waals surface area contributed by atoms with E-state index in [1.807, 2.05) is 19.1 Å². The number of aromatic nitrogens is 2. The van der Waals surface area contributed by atoms with E-state index in [2.05, 4.69) is 15.3 Å². The molecule has 104 valence electrons. The maximum atomic E-state index is 9.05. The van der Waals surface area contributed by atoms with Crippen LogP contribution < -0.4 is 11.1 Å². The van der Waals surface area contributed by atoms with Crippen molar-refractivity contribution >= 4 is 17.3 Å². The van der Waals surface area contributed by atoms with Gasteiger partial charge in [0.1, 0.15) is 30.1 Å². The van der Waals surface area contributed by atoms with Gasteiger partial charge in [-0.15, -0.1) is 0 Å². The van der Waals surface area contributed by atoms with Crippen LogP contribution in [0.15, 0.2) is 24.5 Å². The second kappa shape index (κ2) is 6.36. The molecule has 0 fully saturated rings. The highest BCUT2D eigenvalue weighted by atomic mass is 15.0. The monoisotopic (exact) mass is 278 g/mol. The Labute approximate surface area is 122 Å². The summed E-state index contributed by atoms with van der Waals surface area (Å²) in [4.78, 5) is 8.19. The van der Waals surface area contributed by atoms with Crippen LogP contribution >= 0.6 is 0 Å². The van der Waals surface area contributed by atoms with Crippen molar-refractivity contribution in [2.45, 2.75) is 19.8 Å². The van der Waals surface area contributed by atoms with Crippen LogP contribution in [0, 0.1) is 22.7 Å². The molecular formula is C15H14N6. The van der Waals surface area contributed by atoms with Crippen LogP contribution in [0.3, 0.4) is 0 Å². The molecule has 0 saturated heterocycles. The second-order valence-corrected chi connectivity index (χ2v) is 4.45. The van der Waals surface area contributed by atoms with Crippen LogP contribution in [-0.4, -0.2) is 9.97 Å². The summed E-state index contributed by atoms with van der Waals surface area (Å²) in [6, 6.07) is 8.94. The third-order valence-corrected chi connectivity index (χ3v) is 3.00. The quantitative estimate of drug-likeness (QED) is 0.888. The molecule has 0 aliphatic heterocycles. The predicted molar refractivity (Wildman–Crippen MR) is 79.6 cm³/mol. The van der Waals surface area contributed by atoms with Gasteiger partial charge >= 0.3 is 0 Å². The zero-order valence-electron chi connectivity index (χ0n) is 11.6. The van der Waals surface area contributed by atoms with Gasteiger partial charge in [-0.3, -0.25) is 0 Å². The summed E-state index contributed by atoms with van der Waals surface area (Å²) >= 11 is 0. The molecule has 3 N–H and O–H groups in total. The number of rotatable bonds is 4. The maximum Gasteiger partial charge on any atom is 0.139 e. The van der Waals surface area contributed by atoms with Crippen LogP contribution in [0.2, 0.25) is 0 Å². The molecule has 6 heteroatoms. The van der Waals surface area contributed by atoms with Gasteiger partial charge in [-0.2, -0.15) is 10.5 Å². The van der Waals surface area contributed by atoms with Gasteiger partial charge < -0.3 is 11.1 Å². The summed E-state index contributed by atoms with van der Waals surface area (Å²) in [6.07, 6.45) is 3.07. The van der Waals surface area contributed by atoms with E-state index in [0.717, 1.165) is 18.4 Å². The molecule has 0 bridgehead atoms. The molecule has 0 aliphatic carbocycles. The number of nitrogens with two attached hydrogens (primary N) is 1. The van der Waals surface area contributed by atoms with Gasteiger partial charge in [0.15, 0.2) is 0 Å².